The van der Waals surface area contributed by atoms with Gasteiger partial charge in [0.25, 0.3) is 5.91 Å². The lowest BCUT2D eigenvalue weighted by Gasteiger charge is -2.07. The number of rotatable bonds is 3. The molecule has 0 aliphatic heterocycles. The molecule has 0 aromatic heterocycles. The van der Waals surface area contributed by atoms with Gasteiger partial charge >= 0.3 is 0 Å². The maximum absolute atomic E-state index is 12.2. The lowest BCUT2D eigenvalue weighted by atomic mass is 10.0. The van der Waals surface area contributed by atoms with Crippen LogP contribution in [0, 0.1) is 0 Å². The van der Waals surface area contributed by atoms with E-state index in [1.807, 2.05) is 49.4 Å². The third-order valence-electron chi connectivity index (χ3n) is 3.62. The highest BCUT2D eigenvalue weighted by molar-refractivity contribution is 9.10. The fraction of sp³-hybridized carbons (Fsp3) is 0.0526. The molecule has 114 valence electrons. The summed E-state index contributed by atoms with van der Waals surface area (Å²) < 4.78 is 0.746. The lowest BCUT2D eigenvalue weighted by molar-refractivity contribution is 0.0954. The van der Waals surface area contributed by atoms with Crippen molar-refractivity contribution in [3.63, 3.8) is 0 Å². The Morgan fingerprint density at radius 1 is 0.913 bits per heavy atom. The number of carbonyl (C=O) groups is 1. The first-order chi connectivity index (χ1) is 11.2. The first kappa shape index (κ1) is 15.4. The van der Waals surface area contributed by atoms with Gasteiger partial charge in [-0.2, -0.15) is 5.10 Å². The van der Waals surface area contributed by atoms with Crippen LogP contribution in [0.15, 0.2) is 76.3 Å². The van der Waals surface area contributed by atoms with Gasteiger partial charge in [0, 0.05) is 10.0 Å². The molecule has 0 radical (unpaired) electrons. The van der Waals surface area contributed by atoms with Crippen LogP contribution in [0.2, 0.25) is 0 Å². The summed E-state index contributed by atoms with van der Waals surface area (Å²) in [5, 5.41) is 6.52. The SMILES string of the molecule is C/C(=N\NC(=O)c1ccccc1Br)c1cccc2ccccc12. The van der Waals surface area contributed by atoms with Crippen molar-refractivity contribution in [2.24, 2.45) is 5.10 Å². The van der Waals surface area contributed by atoms with Crippen LogP contribution in [0.3, 0.4) is 0 Å². The summed E-state index contributed by atoms with van der Waals surface area (Å²) in [6.45, 7) is 1.89. The van der Waals surface area contributed by atoms with Crippen LogP contribution in [0.5, 0.6) is 0 Å². The van der Waals surface area contributed by atoms with Gasteiger partial charge in [-0.25, -0.2) is 5.43 Å². The average Bonchev–Trinajstić information content (AvgIpc) is 2.59. The highest BCUT2D eigenvalue weighted by Crippen LogP contribution is 2.19. The third-order valence-corrected chi connectivity index (χ3v) is 4.31. The van der Waals surface area contributed by atoms with Crippen molar-refractivity contribution >= 4 is 38.3 Å². The van der Waals surface area contributed by atoms with E-state index >= 15 is 0 Å². The number of halogens is 1. The van der Waals surface area contributed by atoms with Crippen molar-refractivity contribution in [3.8, 4) is 0 Å². The van der Waals surface area contributed by atoms with Gasteiger partial charge in [0.15, 0.2) is 0 Å². The minimum Gasteiger partial charge on any atom is -0.267 e. The number of amides is 1. The van der Waals surface area contributed by atoms with Crippen molar-refractivity contribution in [1.82, 2.24) is 5.43 Å². The van der Waals surface area contributed by atoms with Crippen molar-refractivity contribution < 1.29 is 4.79 Å². The Hall–Kier alpha value is -2.46. The van der Waals surface area contributed by atoms with Gasteiger partial charge in [-0.15, -0.1) is 0 Å². The maximum Gasteiger partial charge on any atom is 0.272 e. The van der Waals surface area contributed by atoms with Gasteiger partial charge in [-0.3, -0.25) is 4.79 Å². The van der Waals surface area contributed by atoms with Crippen LogP contribution in [0.4, 0.5) is 0 Å². The number of nitrogens with one attached hydrogen (secondary N) is 1. The number of nitrogens with zero attached hydrogens (tertiary/aromatic N) is 1. The van der Waals surface area contributed by atoms with Crippen LogP contribution in [0.1, 0.15) is 22.8 Å². The molecule has 0 aliphatic carbocycles. The number of hydrogen-bond acceptors (Lipinski definition) is 2. The van der Waals surface area contributed by atoms with Crippen molar-refractivity contribution in [3.05, 3.63) is 82.3 Å². The molecular formula is C19H15BrN2O. The lowest BCUT2D eigenvalue weighted by Crippen LogP contribution is -2.19. The molecule has 1 amide bonds. The number of fused-ring (bicyclic) bond motifs is 1. The van der Waals surface area contributed by atoms with E-state index in [-0.39, 0.29) is 5.91 Å². The molecule has 4 heteroatoms. The Bertz CT molecular complexity index is 897. The Kier molecular flexibility index (Phi) is 4.53. The van der Waals surface area contributed by atoms with E-state index in [4.69, 9.17) is 0 Å². The van der Waals surface area contributed by atoms with E-state index in [0.29, 0.717) is 5.56 Å². The zero-order valence-electron chi connectivity index (χ0n) is 12.6. The normalized spacial score (nSPS) is 11.5. The van der Waals surface area contributed by atoms with Crippen molar-refractivity contribution in [2.45, 2.75) is 6.92 Å². The van der Waals surface area contributed by atoms with Crippen LogP contribution < -0.4 is 5.43 Å². The summed E-state index contributed by atoms with van der Waals surface area (Å²) in [4.78, 5) is 12.2. The molecule has 0 saturated carbocycles. The van der Waals surface area contributed by atoms with Crippen LogP contribution >= 0.6 is 15.9 Å². The highest BCUT2D eigenvalue weighted by Gasteiger charge is 2.09. The summed E-state index contributed by atoms with van der Waals surface area (Å²) in [7, 11) is 0. The highest BCUT2D eigenvalue weighted by atomic mass is 79.9. The summed E-state index contributed by atoms with van der Waals surface area (Å²) in [6, 6.07) is 21.5. The predicted molar refractivity (Wildman–Crippen MR) is 97.8 cm³/mol. The number of hydrazone groups is 1. The monoisotopic (exact) mass is 366 g/mol. The van der Waals surface area contributed by atoms with E-state index in [2.05, 4.69) is 44.7 Å². The van der Waals surface area contributed by atoms with Crippen molar-refractivity contribution in [1.29, 1.82) is 0 Å². The second-order valence-corrected chi connectivity index (χ2v) is 6.00. The molecule has 3 aromatic carbocycles. The molecule has 3 aromatic rings. The molecule has 0 bridgehead atoms. The van der Waals surface area contributed by atoms with E-state index in [1.165, 1.54) is 0 Å². The number of hydrogen-bond donors (Lipinski definition) is 1. The first-order valence-corrected chi connectivity index (χ1v) is 8.03. The van der Waals surface area contributed by atoms with E-state index in [0.717, 1.165) is 26.5 Å². The Balaban J connectivity index is 1.88. The summed E-state index contributed by atoms with van der Waals surface area (Å²) in [5.74, 6) is -0.239. The zero-order chi connectivity index (χ0) is 16.2. The first-order valence-electron chi connectivity index (χ1n) is 7.24. The molecule has 23 heavy (non-hydrogen) atoms. The molecule has 0 spiro atoms. The van der Waals surface area contributed by atoms with Gasteiger partial charge in [0.05, 0.1) is 11.3 Å². The fourth-order valence-electron chi connectivity index (χ4n) is 2.44. The summed E-state index contributed by atoms with van der Waals surface area (Å²) >= 11 is 3.37. The van der Waals surface area contributed by atoms with Crippen LogP contribution in [-0.4, -0.2) is 11.6 Å². The Morgan fingerprint density at radius 2 is 1.57 bits per heavy atom. The minimum atomic E-state index is -0.239. The molecule has 3 nitrogen and oxygen atoms in total. The van der Waals surface area contributed by atoms with Crippen LogP contribution in [-0.2, 0) is 0 Å². The van der Waals surface area contributed by atoms with Gasteiger partial charge in [-0.05, 0) is 45.8 Å². The molecule has 1 N–H and O–H groups in total. The molecule has 0 atom stereocenters. The van der Waals surface area contributed by atoms with E-state index in [9.17, 15) is 4.79 Å². The smallest absolute Gasteiger partial charge is 0.267 e. The standard InChI is InChI=1S/C19H15BrN2O/c1-13(15-11-6-8-14-7-2-3-9-16(14)15)21-22-19(23)17-10-4-5-12-18(17)20/h2-12H,1H3,(H,22,23)/b21-13+. The number of carbonyl (C=O) groups excluding carboxylic acids is 1. The van der Waals surface area contributed by atoms with Gasteiger partial charge in [-0.1, -0.05) is 54.6 Å². The molecule has 0 saturated heterocycles. The predicted octanol–water partition coefficient (Wildman–Crippen LogP) is 4.76. The molecule has 0 heterocycles. The van der Waals surface area contributed by atoms with Gasteiger partial charge in [0.1, 0.15) is 0 Å². The average molecular weight is 367 g/mol. The quantitative estimate of drug-likeness (QED) is 0.527. The minimum absolute atomic E-state index is 0.239. The van der Waals surface area contributed by atoms with Gasteiger partial charge in [0.2, 0.25) is 0 Å². The molecule has 0 unspecified atom stereocenters. The van der Waals surface area contributed by atoms with E-state index in [1.54, 1.807) is 6.07 Å². The second-order valence-electron chi connectivity index (χ2n) is 5.14. The Morgan fingerprint density at radius 3 is 2.39 bits per heavy atom. The second kappa shape index (κ2) is 6.75. The van der Waals surface area contributed by atoms with Crippen LogP contribution in [0.25, 0.3) is 10.8 Å². The zero-order valence-corrected chi connectivity index (χ0v) is 14.2. The van der Waals surface area contributed by atoms with Gasteiger partial charge < -0.3 is 0 Å². The molecule has 0 fully saturated rings. The molecule has 0 aliphatic rings. The maximum atomic E-state index is 12.2. The Labute approximate surface area is 143 Å². The van der Waals surface area contributed by atoms with Crippen molar-refractivity contribution in [2.75, 3.05) is 0 Å². The topological polar surface area (TPSA) is 41.5 Å². The molecular weight excluding hydrogens is 352 g/mol. The number of benzene rings is 3. The fourth-order valence-corrected chi connectivity index (χ4v) is 2.91. The van der Waals surface area contributed by atoms with E-state index < -0.39 is 0 Å². The molecule has 3 rings (SSSR count). The summed E-state index contributed by atoms with van der Waals surface area (Å²) in [5.41, 5.74) is 4.95. The largest absolute Gasteiger partial charge is 0.272 e. The summed E-state index contributed by atoms with van der Waals surface area (Å²) in [6.07, 6.45) is 0. The third kappa shape index (κ3) is 3.32.